The van der Waals surface area contributed by atoms with Crippen molar-refractivity contribution in [3.8, 4) is 5.75 Å². The van der Waals surface area contributed by atoms with Crippen LogP contribution in [0.5, 0.6) is 5.75 Å². The van der Waals surface area contributed by atoms with Gasteiger partial charge in [0.2, 0.25) is 5.91 Å². The molecule has 0 radical (unpaired) electrons. The van der Waals surface area contributed by atoms with Crippen LogP contribution in [0.2, 0.25) is 0 Å². The van der Waals surface area contributed by atoms with Crippen molar-refractivity contribution in [2.75, 3.05) is 29.6 Å². The van der Waals surface area contributed by atoms with E-state index in [2.05, 4.69) is 36.3 Å². The Labute approximate surface area is 380 Å². The van der Waals surface area contributed by atoms with Gasteiger partial charge in [-0.1, -0.05) is 118 Å². The second-order valence-electron chi connectivity index (χ2n) is 17.7. The molecule has 0 aromatic heterocycles. The molecule has 4 N–H and O–H groups in total. The molecule has 2 heterocycles. The van der Waals surface area contributed by atoms with Gasteiger partial charge in [0.05, 0.1) is 41.9 Å². The smallest absolute Gasteiger partial charge is 0.233 e. The molecule has 2 aliphatic rings. The SMILES string of the molecule is C=C(CCCCNCc1ccc(N2C(=O)C(CCC(O)c3ccccc3)C2c2ccc(OC)cc2)cc1)Nc1cccc(C2c3ccccc3S(=O)(=O)CC(CC)(CCCC)C2O)c1. The van der Waals surface area contributed by atoms with Gasteiger partial charge in [-0.2, -0.15) is 0 Å². The lowest BCUT2D eigenvalue weighted by atomic mass is 9.69. The molecule has 0 bridgehead atoms. The number of allylic oxidation sites excluding steroid dienone is 1. The Bertz CT molecular complexity index is 2440. The summed E-state index contributed by atoms with van der Waals surface area (Å²) in [6.07, 6.45) is 5.29. The first-order valence-corrected chi connectivity index (χ1v) is 24.7. The van der Waals surface area contributed by atoms with Gasteiger partial charge in [-0.25, -0.2) is 8.42 Å². The number of nitrogens with zero attached hydrogens (tertiary/aromatic N) is 1. The minimum Gasteiger partial charge on any atom is -0.497 e. The molecule has 10 heteroatoms. The standard InChI is InChI=1S/C54H65N3O6S/c1-5-7-33-54(6-2)37-64(61,62)49-22-12-11-21-46(49)50(52(54)59)42-19-15-20-43(35-42)56-38(3)16-13-14-34-55-36-39-23-27-44(28-24-39)57-51(41-25-29-45(63-4)30-26-41)47(53(57)60)31-32-48(58)40-17-9-8-10-18-40/h8-12,15,17-30,35,47-48,50-52,55-56,58-59H,3,5-7,13-14,16,31-34,36-37H2,1-2,4H3. The predicted molar refractivity (Wildman–Crippen MR) is 257 cm³/mol. The molecule has 64 heavy (non-hydrogen) atoms. The average Bonchev–Trinajstić information content (AvgIpc) is 3.38. The molecule has 0 saturated carbocycles. The van der Waals surface area contributed by atoms with Gasteiger partial charge in [0.25, 0.3) is 0 Å². The maximum absolute atomic E-state index is 13.8. The van der Waals surface area contributed by atoms with Crippen molar-refractivity contribution in [1.82, 2.24) is 5.32 Å². The van der Waals surface area contributed by atoms with E-state index in [1.807, 2.05) is 115 Å². The minimum atomic E-state index is -3.61. The number of carbonyl (C=O) groups excluding carboxylic acids is 1. The van der Waals surface area contributed by atoms with E-state index < -0.39 is 33.4 Å². The fourth-order valence-electron chi connectivity index (χ4n) is 9.84. The van der Waals surface area contributed by atoms with E-state index in [0.717, 1.165) is 83.7 Å². The zero-order valence-electron chi connectivity index (χ0n) is 37.6. The van der Waals surface area contributed by atoms with E-state index in [4.69, 9.17) is 4.74 Å². The Balaban J connectivity index is 0.910. The number of aliphatic hydroxyl groups is 2. The normalized spacial score (nSPS) is 21.9. The van der Waals surface area contributed by atoms with Crippen molar-refractivity contribution in [2.45, 2.75) is 107 Å². The predicted octanol–water partition coefficient (Wildman–Crippen LogP) is 10.7. The zero-order valence-corrected chi connectivity index (χ0v) is 38.4. The molecule has 9 nitrogen and oxygen atoms in total. The number of rotatable bonds is 21. The van der Waals surface area contributed by atoms with Crippen LogP contribution in [0.4, 0.5) is 11.4 Å². The lowest BCUT2D eigenvalue weighted by molar-refractivity contribution is -0.131. The number of benzene rings is 5. The van der Waals surface area contributed by atoms with Crippen molar-refractivity contribution >= 4 is 27.1 Å². The highest BCUT2D eigenvalue weighted by molar-refractivity contribution is 7.91. The molecule has 5 aromatic carbocycles. The minimum absolute atomic E-state index is 0.0568. The van der Waals surface area contributed by atoms with Crippen LogP contribution in [0.15, 0.2) is 145 Å². The Morgan fingerprint density at radius 2 is 1.62 bits per heavy atom. The van der Waals surface area contributed by atoms with Gasteiger partial charge in [-0.05, 0) is 122 Å². The number of unbranched alkanes of at least 4 members (excludes halogenated alkanes) is 2. The number of nitrogens with one attached hydrogen (secondary N) is 2. The first-order valence-electron chi connectivity index (χ1n) is 23.0. The number of hydrogen-bond acceptors (Lipinski definition) is 8. The molecule has 1 saturated heterocycles. The Morgan fingerprint density at radius 3 is 2.34 bits per heavy atom. The summed E-state index contributed by atoms with van der Waals surface area (Å²) >= 11 is 0. The van der Waals surface area contributed by atoms with Crippen LogP contribution in [0.3, 0.4) is 0 Å². The Kier molecular flexibility index (Phi) is 15.4. The first kappa shape index (κ1) is 46.7. The van der Waals surface area contributed by atoms with Crippen molar-refractivity contribution in [3.63, 3.8) is 0 Å². The van der Waals surface area contributed by atoms with Crippen LogP contribution in [0, 0.1) is 11.3 Å². The number of anilines is 2. The van der Waals surface area contributed by atoms with Crippen molar-refractivity contribution in [3.05, 3.63) is 167 Å². The molecule has 5 aromatic rings. The first-order chi connectivity index (χ1) is 31.0. The van der Waals surface area contributed by atoms with Gasteiger partial charge in [0.15, 0.2) is 9.84 Å². The molecule has 0 spiro atoms. The summed E-state index contributed by atoms with van der Waals surface area (Å²) < 4.78 is 33.1. The van der Waals surface area contributed by atoms with Gasteiger partial charge in [0, 0.05) is 34.9 Å². The van der Waals surface area contributed by atoms with Gasteiger partial charge < -0.3 is 30.5 Å². The van der Waals surface area contributed by atoms with E-state index in [9.17, 15) is 23.4 Å². The summed E-state index contributed by atoms with van der Waals surface area (Å²) in [5.41, 5.74) is 6.44. The van der Waals surface area contributed by atoms with Gasteiger partial charge in [0.1, 0.15) is 5.75 Å². The van der Waals surface area contributed by atoms with Crippen LogP contribution in [-0.4, -0.2) is 50.0 Å². The number of β-lactam (4-membered cyclic amide) rings is 1. The topological polar surface area (TPSA) is 128 Å². The number of sulfone groups is 1. The molecule has 338 valence electrons. The second-order valence-corrected chi connectivity index (χ2v) is 19.7. The third-order valence-electron chi connectivity index (χ3n) is 13.5. The number of methoxy groups -OCH3 is 1. The van der Waals surface area contributed by atoms with Gasteiger partial charge in [-0.15, -0.1) is 0 Å². The summed E-state index contributed by atoms with van der Waals surface area (Å²) in [6.45, 7) is 9.96. The number of carbonyl (C=O) groups is 1. The van der Waals surface area contributed by atoms with E-state index in [1.165, 1.54) is 0 Å². The lowest BCUT2D eigenvalue weighted by Gasteiger charge is -2.48. The molecule has 1 fully saturated rings. The number of hydrogen-bond donors (Lipinski definition) is 4. The fourth-order valence-corrected chi connectivity index (χ4v) is 12.1. The number of fused-ring (bicyclic) bond motifs is 1. The molecule has 7 rings (SSSR count). The highest BCUT2D eigenvalue weighted by atomic mass is 32.2. The molecular weight excluding hydrogens is 819 g/mol. The highest BCUT2D eigenvalue weighted by Crippen LogP contribution is 2.49. The maximum atomic E-state index is 13.8. The van der Waals surface area contributed by atoms with E-state index in [0.29, 0.717) is 42.7 Å². The molecule has 1 amide bonds. The fraction of sp³-hybridized carbons (Fsp3) is 0.389. The largest absolute Gasteiger partial charge is 0.497 e. The number of ether oxygens (including phenoxy) is 1. The molecular formula is C54H65N3O6S. The van der Waals surface area contributed by atoms with Crippen molar-refractivity contribution < 1.29 is 28.2 Å². The van der Waals surface area contributed by atoms with E-state index in [1.54, 1.807) is 19.2 Å². The average molecular weight is 884 g/mol. The number of aliphatic hydroxyl groups excluding tert-OH is 2. The quantitative estimate of drug-likeness (QED) is 0.0424. The maximum Gasteiger partial charge on any atom is 0.233 e. The van der Waals surface area contributed by atoms with Gasteiger partial charge in [-0.3, -0.25) is 4.79 Å². The summed E-state index contributed by atoms with van der Waals surface area (Å²) in [5.74, 6) is 0.0559. The molecule has 6 unspecified atom stereocenters. The Hall–Kier alpha value is -5.26. The highest BCUT2D eigenvalue weighted by Gasteiger charge is 2.50. The molecule has 6 atom stereocenters. The van der Waals surface area contributed by atoms with E-state index >= 15 is 0 Å². The third kappa shape index (κ3) is 10.5. The van der Waals surface area contributed by atoms with Crippen LogP contribution in [0.1, 0.15) is 118 Å². The summed E-state index contributed by atoms with van der Waals surface area (Å²) in [4.78, 5) is 15.9. The van der Waals surface area contributed by atoms with E-state index in [-0.39, 0.29) is 23.6 Å². The van der Waals surface area contributed by atoms with Crippen LogP contribution < -0.4 is 20.3 Å². The zero-order chi connectivity index (χ0) is 45.3. The van der Waals surface area contributed by atoms with Crippen LogP contribution in [0.25, 0.3) is 0 Å². The number of amides is 1. The van der Waals surface area contributed by atoms with Crippen molar-refractivity contribution in [1.29, 1.82) is 0 Å². The Morgan fingerprint density at radius 1 is 0.891 bits per heavy atom. The summed E-state index contributed by atoms with van der Waals surface area (Å²) in [5, 5.41) is 30.1. The molecule has 0 aliphatic carbocycles. The van der Waals surface area contributed by atoms with Crippen LogP contribution >= 0.6 is 0 Å². The van der Waals surface area contributed by atoms with Crippen LogP contribution in [-0.2, 0) is 21.2 Å². The summed E-state index contributed by atoms with van der Waals surface area (Å²) in [7, 11) is -1.97. The summed E-state index contributed by atoms with van der Waals surface area (Å²) in [6, 6.07) is 40.8. The lowest BCUT2D eigenvalue weighted by Crippen LogP contribution is -2.55. The second kappa shape index (κ2) is 21.2. The molecule has 2 aliphatic heterocycles. The van der Waals surface area contributed by atoms with Gasteiger partial charge >= 0.3 is 0 Å². The third-order valence-corrected chi connectivity index (χ3v) is 15.5. The van der Waals surface area contributed by atoms with Crippen molar-refractivity contribution in [2.24, 2.45) is 11.3 Å². The monoisotopic (exact) mass is 883 g/mol.